The van der Waals surface area contributed by atoms with Gasteiger partial charge in [-0.25, -0.2) is 4.98 Å². The highest BCUT2D eigenvalue weighted by molar-refractivity contribution is 6.05. The average molecular weight is 281 g/mol. The van der Waals surface area contributed by atoms with Crippen molar-refractivity contribution in [3.8, 4) is 0 Å². The van der Waals surface area contributed by atoms with Crippen LogP contribution in [0.25, 0.3) is 11.0 Å². The van der Waals surface area contributed by atoms with E-state index in [0.29, 0.717) is 12.0 Å². The van der Waals surface area contributed by atoms with Crippen molar-refractivity contribution >= 4 is 22.6 Å². The van der Waals surface area contributed by atoms with Crippen LogP contribution in [0.3, 0.4) is 0 Å². The minimum Gasteiger partial charge on any atom is -0.396 e. The number of nitrogens with zero attached hydrogens (tertiary/aromatic N) is 1. The van der Waals surface area contributed by atoms with Crippen molar-refractivity contribution in [2.45, 2.75) is 6.42 Å². The van der Waals surface area contributed by atoms with Gasteiger partial charge in [-0.2, -0.15) is 0 Å². The Kier molecular flexibility index (Phi) is 3.66. The minimum atomic E-state index is -0.165. The Morgan fingerprint density at radius 2 is 2.00 bits per heavy atom. The first kappa shape index (κ1) is 13.3. The van der Waals surface area contributed by atoms with Crippen molar-refractivity contribution in [3.05, 3.63) is 59.9 Å². The zero-order chi connectivity index (χ0) is 14.7. The molecule has 5 heteroatoms. The van der Waals surface area contributed by atoms with E-state index in [2.05, 4.69) is 15.3 Å². The van der Waals surface area contributed by atoms with Gasteiger partial charge in [-0.15, -0.1) is 0 Å². The lowest BCUT2D eigenvalue weighted by molar-refractivity contribution is 0.102. The van der Waals surface area contributed by atoms with E-state index in [0.717, 1.165) is 22.3 Å². The second-order valence-electron chi connectivity index (χ2n) is 4.76. The molecule has 0 spiro atoms. The number of imidazole rings is 1. The molecule has 0 aliphatic rings. The maximum atomic E-state index is 12.2. The molecule has 0 radical (unpaired) electrons. The fraction of sp³-hybridized carbons (Fsp3) is 0.125. The number of aliphatic hydroxyl groups is 1. The fourth-order valence-electron chi connectivity index (χ4n) is 2.16. The monoisotopic (exact) mass is 281 g/mol. The van der Waals surface area contributed by atoms with Gasteiger partial charge in [0.05, 0.1) is 17.4 Å². The quantitative estimate of drug-likeness (QED) is 0.687. The third-order valence-corrected chi connectivity index (χ3v) is 3.29. The number of fused-ring (bicyclic) bond motifs is 1. The Labute approximate surface area is 121 Å². The van der Waals surface area contributed by atoms with E-state index in [1.165, 1.54) is 0 Å². The van der Waals surface area contributed by atoms with Crippen LogP contribution in [0.1, 0.15) is 15.9 Å². The largest absolute Gasteiger partial charge is 0.396 e. The van der Waals surface area contributed by atoms with Crippen LogP contribution < -0.4 is 5.32 Å². The molecule has 2 aromatic carbocycles. The van der Waals surface area contributed by atoms with Crippen LogP contribution in [0.15, 0.2) is 48.8 Å². The van der Waals surface area contributed by atoms with Gasteiger partial charge in [-0.3, -0.25) is 4.79 Å². The van der Waals surface area contributed by atoms with E-state index in [1.54, 1.807) is 18.5 Å². The van der Waals surface area contributed by atoms with E-state index in [4.69, 9.17) is 5.11 Å². The van der Waals surface area contributed by atoms with E-state index < -0.39 is 0 Å². The highest BCUT2D eigenvalue weighted by Gasteiger charge is 2.07. The molecule has 0 atom stereocenters. The molecule has 0 saturated carbocycles. The van der Waals surface area contributed by atoms with Crippen molar-refractivity contribution in [3.63, 3.8) is 0 Å². The lowest BCUT2D eigenvalue weighted by Gasteiger charge is -2.06. The molecule has 0 saturated heterocycles. The first-order chi connectivity index (χ1) is 10.3. The predicted octanol–water partition coefficient (Wildman–Crippen LogP) is 2.35. The SMILES string of the molecule is O=C(Nc1ccc(CCO)cc1)c1ccc2nc[nH]c2c1. The third-order valence-electron chi connectivity index (χ3n) is 3.29. The summed E-state index contributed by atoms with van der Waals surface area (Å²) in [6.07, 6.45) is 2.22. The molecule has 0 aliphatic heterocycles. The standard InChI is InChI=1S/C16H15N3O2/c20-8-7-11-1-4-13(5-2-11)19-16(21)12-3-6-14-15(9-12)18-10-17-14/h1-6,9-10,20H,7-8H2,(H,17,18)(H,19,21). The summed E-state index contributed by atoms with van der Waals surface area (Å²) in [5.74, 6) is -0.165. The maximum Gasteiger partial charge on any atom is 0.255 e. The van der Waals surface area contributed by atoms with Gasteiger partial charge < -0.3 is 15.4 Å². The Morgan fingerprint density at radius 3 is 2.76 bits per heavy atom. The minimum absolute atomic E-state index is 0.121. The number of aliphatic hydroxyl groups excluding tert-OH is 1. The fourth-order valence-corrected chi connectivity index (χ4v) is 2.16. The molecule has 1 aromatic heterocycles. The van der Waals surface area contributed by atoms with E-state index in [1.807, 2.05) is 30.3 Å². The Morgan fingerprint density at radius 1 is 1.19 bits per heavy atom. The molecule has 106 valence electrons. The molecule has 0 aliphatic carbocycles. The summed E-state index contributed by atoms with van der Waals surface area (Å²) in [5, 5.41) is 11.7. The molecule has 1 amide bonds. The molecular weight excluding hydrogens is 266 g/mol. The predicted molar refractivity (Wildman–Crippen MR) is 81.3 cm³/mol. The summed E-state index contributed by atoms with van der Waals surface area (Å²) in [4.78, 5) is 19.3. The number of nitrogens with one attached hydrogen (secondary N) is 2. The molecular formula is C16H15N3O2. The maximum absolute atomic E-state index is 12.2. The molecule has 21 heavy (non-hydrogen) atoms. The summed E-state index contributed by atoms with van der Waals surface area (Å²) in [6.45, 7) is 0.121. The van der Waals surface area contributed by atoms with Crippen molar-refractivity contribution in [2.75, 3.05) is 11.9 Å². The van der Waals surface area contributed by atoms with Gasteiger partial charge in [0.15, 0.2) is 0 Å². The van der Waals surface area contributed by atoms with Crippen molar-refractivity contribution in [1.29, 1.82) is 0 Å². The van der Waals surface area contributed by atoms with Gasteiger partial charge in [0.2, 0.25) is 0 Å². The van der Waals surface area contributed by atoms with Gasteiger partial charge >= 0.3 is 0 Å². The number of H-pyrrole nitrogens is 1. The number of aromatic nitrogens is 2. The summed E-state index contributed by atoms with van der Waals surface area (Å²) < 4.78 is 0. The first-order valence-corrected chi connectivity index (χ1v) is 6.70. The van der Waals surface area contributed by atoms with Crippen LogP contribution >= 0.6 is 0 Å². The van der Waals surface area contributed by atoms with Crippen LogP contribution in [0.2, 0.25) is 0 Å². The van der Waals surface area contributed by atoms with Gasteiger partial charge in [-0.1, -0.05) is 12.1 Å². The normalized spacial score (nSPS) is 10.7. The molecule has 1 heterocycles. The molecule has 3 aromatic rings. The van der Waals surface area contributed by atoms with Gasteiger partial charge in [0, 0.05) is 17.9 Å². The number of anilines is 1. The molecule has 0 unspecified atom stereocenters. The van der Waals surface area contributed by atoms with Gasteiger partial charge in [0.25, 0.3) is 5.91 Å². The number of amides is 1. The van der Waals surface area contributed by atoms with Crippen LogP contribution in [0.5, 0.6) is 0 Å². The highest BCUT2D eigenvalue weighted by atomic mass is 16.2. The number of aromatic amines is 1. The van der Waals surface area contributed by atoms with Gasteiger partial charge in [0.1, 0.15) is 0 Å². The average Bonchev–Trinajstić information content (AvgIpc) is 2.97. The second-order valence-corrected chi connectivity index (χ2v) is 4.76. The first-order valence-electron chi connectivity index (χ1n) is 6.70. The zero-order valence-corrected chi connectivity index (χ0v) is 11.3. The molecule has 0 fully saturated rings. The Balaban J connectivity index is 1.75. The highest BCUT2D eigenvalue weighted by Crippen LogP contribution is 2.15. The molecule has 0 bridgehead atoms. The number of carbonyl (C=O) groups is 1. The number of carbonyl (C=O) groups excluding carboxylic acids is 1. The van der Waals surface area contributed by atoms with Crippen molar-refractivity contribution in [2.24, 2.45) is 0 Å². The lowest BCUT2D eigenvalue weighted by atomic mass is 10.1. The Bertz CT molecular complexity index is 763. The summed E-state index contributed by atoms with van der Waals surface area (Å²) >= 11 is 0. The topological polar surface area (TPSA) is 78.0 Å². The lowest BCUT2D eigenvalue weighted by Crippen LogP contribution is -2.11. The molecule has 3 N–H and O–H groups in total. The Hall–Kier alpha value is -2.66. The van der Waals surface area contributed by atoms with E-state index in [-0.39, 0.29) is 12.5 Å². The summed E-state index contributed by atoms with van der Waals surface area (Å²) in [5.41, 5.74) is 4.01. The van der Waals surface area contributed by atoms with Crippen LogP contribution in [0.4, 0.5) is 5.69 Å². The summed E-state index contributed by atoms with van der Waals surface area (Å²) in [7, 11) is 0. The number of benzene rings is 2. The summed E-state index contributed by atoms with van der Waals surface area (Å²) in [6, 6.07) is 12.8. The number of rotatable bonds is 4. The van der Waals surface area contributed by atoms with Crippen LogP contribution in [-0.4, -0.2) is 27.6 Å². The molecule has 5 nitrogen and oxygen atoms in total. The molecule has 3 rings (SSSR count). The van der Waals surface area contributed by atoms with Crippen LogP contribution in [-0.2, 0) is 6.42 Å². The second kappa shape index (κ2) is 5.76. The number of hydrogen-bond acceptors (Lipinski definition) is 3. The van der Waals surface area contributed by atoms with E-state index >= 15 is 0 Å². The zero-order valence-electron chi connectivity index (χ0n) is 11.3. The van der Waals surface area contributed by atoms with Gasteiger partial charge in [-0.05, 0) is 42.3 Å². The van der Waals surface area contributed by atoms with Crippen LogP contribution in [0, 0.1) is 0 Å². The third kappa shape index (κ3) is 2.93. The smallest absolute Gasteiger partial charge is 0.255 e. The van der Waals surface area contributed by atoms with Crippen molar-refractivity contribution < 1.29 is 9.90 Å². The number of hydrogen-bond donors (Lipinski definition) is 3. The van der Waals surface area contributed by atoms with E-state index in [9.17, 15) is 4.79 Å². The van der Waals surface area contributed by atoms with Crippen molar-refractivity contribution in [1.82, 2.24) is 9.97 Å².